The lowest BCUT2D eigenvalue weighted by Crippen LogP contribution is -2.52. The minimum atomic E-state index is -3.78. The van der Waals surface area contributed by atoms with Crippen LogP contribution in [0.1, 0.15) is 26.3 Å². The van der Waals surface area contributed by atoms with Crippen molar-refractivity contribution in [2.75, 3.05) is 17.1 Å². The summed E-state index contributed by atoms with van der Waals surface area (Å²) in [6, 6.07) is 11.1. The summed E-state index contributed by atoms with van der Waals surface area (Å²) in [6.45, 7) is 4.71. The van der Waals surface area contributed by atoms with E-state index in [9.17, 15) is 22.4 Å². The highest BCUT2D eigenvalue weighted by Gasteiger charge is 2.30. The van der Waals surface area contributed by atoms with Gasteiger partial charge >= 0.3 is 0 Å². The van der Waals surface area contributed by atoms with Crippen molar-refractivity contribution in [3.05, 3.63) is 64.4 Å². The van der Waals surface area contributed by atoms with E-state index in [0.717, 1.165) is 15.0 Å². The lowest BCUT2D eigenvalue weighted by Gasteiger charge is -2.31. The summed E-state index contributed by atoms with van der Waals surface area (Å²) in [5.74, 6) is -1.35. The Morgan fingerprint density at radius 1 is 1.03 bits per heavy atom. The van der Waals surface area contributed by atoms with Crippen molar-refractivity contribution in [2.45, 2.75) is 39.4 Å². The normalized spacial score (nSPS) is 12.3. The Bertz CT molecular complexity index is 1040. The number of amides is 2. The first-order chi connectivity index (χ1) is 14.9. The van der Waals surface area contributed by atoms with Crippen molar-refractivity contribution in [3.63, 3.8) is 0 Å². The number of hydrogen-bond donors (Lipinski definition) is 1. The predicted molar refractivity (Wildman–Crippen MR) is 126 cm³/mol. The van der Waals surface area contributed by atoms with Gasteiger partial charge in [0.25, 0.3) is 0 Å². The van der Waals surface area contributed by atoms with Gasteiger partial charge < -0.3 is 10.2 Å². The molecule has 0 bridgehead atoms. The Morgan fingerprint density at radius 3 is 2.09 bits per heavy atom. The molecule has 1 atom stereocenters. The van der Waals surface area contributed by atoms with Crippen LogP contribution >= 0.6 is 15.9 Å². The molecule has 0 saturated heterocycles. The molecule has 0 aliphatic carbocycles. The summed E-state index contributed by atoms with van der Waals surface area (Å²) in [6.07, 6.45) is 1.02. The zero-order valence-corrected chi connectivity index (χ0v) is 20.8. The predicted octanol–water partition coefficient (Wildman–Crippen LogP) is 3.30. The van der Waals surface area contributed by atoms with Crippen LogP contribution in [0.4, 0.5) is 10.1 Å². The summed E-state index contributed by atoms with van der Waals surface area (Å²) >= 11 is 3.30. The van der Waals surface area contributed by atoms with Gasteiger partial charge in [-0.2, -0.15) is 0 Å². The quantitative estimate of drug-likeness (QED) is 0.542. The number of anilines is 1. The summed E-state index contributed by atoms with van der Waals surface area (Å²) in [5.41, 5.74) is 0.934. The zero-order valence-electron chi connectivity index (χ0n) is 18.4. The van der Waals surface area contributed by atoms with Gasteiger partial charge in [0.05, 0.1) is 11.9 Å². The van der Waals surface area contributed by atoms with Crippen LogP contribution in [0.2, 0.25) is 0 Å². The summed E-state index contributed by atoms with van der Waals surface area (Å²) in [5, 5.41) is 2.76. The Kier molecular flexibility index (Phi) is 8.80. The maximum absolute atomic E-state index is 13.3. The third-order valence-electron chi connectivity index (χ3n) is 4.66. The third kappa shape index (κ3) is 7.30. The SMILES string of the molecule is CC(C)NC(=O)C(C)N(Cc1ccc(F)cc1)C(=O)CN(c1ccc(Br)cc1)S(C)(=O)=O. The van der Waals surface area contributed by atoms with E-state index < -0.39 is 34.3 Å². The first-order valence-electron chi connectivity index (χ1n) is 9.96. The molecule has 0 aliphatic rings. The topological polar surface area (TPSA) is 86.8 Å². The van der Waals surface area contributed by atoms with Crippen LogP contribution in [0.15, 0.2) is 53.0 Å². The smallest absolute Gasteiger partial charge is 0.244 e. The van der Waals surface area contributed by atoms with Gasteiger partial charge in [0, 0.05) is 17.1 Å². The molecular formula is C22H27BrFN3O4S. The molecule has 2 aromatic carbocycles. The molecule has 0 aliphatic heterocycles. The van der Waals surface area contributed by atoms with Crippen LogP contribution < -0.4 is 9.62 Å². The number of carbonyl (C=O) groups is 2. The molecule has 32 heavy (non-hydrogen) atoms. The highest BCUT2D eigenvalue weighted by atomic mass is 79.9. The van der Waals surface area contributed by atoms with E-state index >= 15 is 0 Å². The molecule has 7 nitrogen and oxygen atoms in total. The van der Waals surface area contributed by atoms with E-state index in [4.69, 9.17) is 0 Å². The molecule has 0 aromatic heterocycles. The average Bonchev–Trinajstić information content (AvgIpc) is 2.70. The van der Waals surface area contributed by atoms with E-state index in [2.05, 4.69) is 21.2 Å². The number of halogens is 2. The third-order valence-corrected chi connectivity index (χ3v) is 6.33. The van der Waals surface area contributed by atoms with Crippen LogP contribution in [-0.2, 0) is 26.2 Å². The molecule has 0 radical (unpaired) electrons. The van der Waals surface area contributed by atoms with E-state index in [1.54, 1.807) is 45.0 Å². The Balaban J connectivity index is 2.36. The second kappa shape index (κ2) is 10.9. The fourth-order valence-electron chi connectivity index (χ4n) is 3.00. The van der Waals surface area contributed by atoms with E-state index in [0.29, 0.717) is 11.3 Å². The lowest BCUT2D eigenvalue weighted by atomic mass is 10.1. The standard InChI is InChI=1S/C22H27BrFN3O4S/c1-15(2)25-22(29)16(3)26(13-17-5-9-19(24)10-6-17)21(28)14-27(32(4,30)31)20-11-7-18(23)8-12-20/h5-12,15-16H,13-14H2,1-4H3,(H,25,29). The van der Waals surface area contributed by atoms with Crippen LogP contribution in [0.3, 0.4) is 0 Å². The van der Waals surface area contributed by atoms with Crippen molar-refractivity contribution < 1.29 is 22.4 Å². The van der Waals surface area contributed by atoms with Gasteiger partial charge in [-0.15, -0.1) is 0 Å². The molecule has 2 rings (SSSR count). The molecule has 2 aromatic rings. The zero-order chi connectivity index (χ0) is 24.1. The number of benzene rings is 2. The monoisotopic (exact) mass is 527 g/mol. The van der Waals surface area contributed by atoms with Gasteiger partial charge in [0.15, 0.2) is 0 Å². The molecule has 2 amide bonds. The summed E-state index contributed by atoms with van der Waals surface area (Å²) < 4.78 is 40.0. The Labute approximate surface area is 196 Å². The van der Waals surface area contributed by atoms with Crippen LogP contribution in [0.5, 0.6) is 0 Å². The van der Waals surface area contributed by atoms with Crippen molar-refractivity contribution in [3.8, 4) is 0 Å². The summed E-state index contributed by atoms with van der Waals surface area (Å²) in [4.78, 5) is 27.2. The van der Waals surface area contributed by atoms with Crippen LogP contribution in [-0.4, -0.2) is 50.0 Å². The summed E-state index contributed by atoms with van der Waals surface area (Å²) in [7, 11) is -3.78. The van der Waals surface area contributed by atoms with Crippen molar-refractivity contribution >= 4 is 43.5 Å². The molecule has 0 saturated carbocycles. The van der Waals surface area contributed by atoms with Gasteiger partial charge in [0.2, 0.25) is 21.8 Å². The average molecular weight is 528 g/mol. The van der Waals surface area contributed by atoms with Crippen molar-refractivity contribution in [1.82, 2.24) is 10.2 Å². The maximum atomic E-state index is 13.3. The number of nitrogens with one attached hydrogen (secondary N) is 1. The van der Waals surface area contributed by atoms with Gasteiger partial charge in [-0.05, 0) is 62.7 Å². The van der Waals surface area contributed by atoms with Gasteiger partial charge in [-0.3, -0.25) is 13.9 Å². The minimum absolute atomic E-state index is 0.0176. The van der Waals surface area contributed by atoms with Crippen LogP contribution in [0, 0.1) is 5.82 Å². The highest BCUT2D eigenvalue weighted by molar-refractivity contribution is 9.10. The van der Waals surface area contributed by atoms with Gasteiger partial charge in [0.1, 0.15) is 18.4 Å². The Hall–Kier alpha value is -2.46. The number of carbonyl (C=O) groups excluding carboxylic acids is 2. The van der Waals surface area contributed by atoms with Gasteiger partial charge in [-0.1, -0.05) is 28.1 Å². The molecule has 10 heteroatoms. The van der Waals surface area contributed by atoms with Crippen molar-refractivity contribution in [2.24, 2.45) is 0 Å². The molecular weight excluding hydrogens is 501 g/mol. The molecule has 0 heterocycles. The fourth-order valence-corrected chi connectivity index (χ4v) is 4.11. The molecule has 1 unspecified atom stereocenters. The highest BCUT2D eigenvalue weighted by Crippen LogP contribution is 2.21. The van der Waals surface area contributed by atoms with Gasteiger partial charge in [-0.25, -0.2) is 12.8 Å². The van der Waals surface area contributed by atoms with E-state index in [1.807, 2.05) is 0 Å². The van der Waals surface area contributed by atoms with Crippen LogP contribution in [0.25, 0.3) is 0 Å². The number of nitrogens with zero attached hydrogens (tertiary/aromatic N) is 2. The van der Waals surface area contributed by atoms with E-state index in [1.165, 1.54) is 29.2 Å². The second-order valence-electron chi connectivity index (χ2n) is 7.73. The first-order valence-corrected chi connectivity index (χ1v) is 12.6. The molecule has 174 valence electrons. The molecule has 0 fully saturated rings. The Morgan fingerprint density at radius 2 is 1.59 bits per heavy atom. The number of sulfonamides is 1. The fraction of sp³-hybridized carbons (Fsp3) is 0.364. The van der Waals surface area contributed by atoms with Crippen molar-refractivity contribution in [1.29, 1.82) is 0 Å². The number of rotatable bonds is 9. The number of hydrogen-bond acceptors (Lipinski definition) is 4. The molecule has 1 N–H and O–H groups in total. The van der Waals surface area contributed by atoms with E-state index in [-0.39, 0.29) is 18.5 Å². The first kappa shape index (κ1) is 25.8. The minimum Gasteiger partial charge on any atom is -0.352 e. The molecule has 0 spiro atoms. The second-order valence-corrected chi connectivity index (χ2v) is 10.6. The maximum Gasteiger partial charge on any atom is 0.244 e. The largest absolute Gasteiger partial charge is 0.352 e. The lowest BCUT2D eigenvalue weighted by molar-refractivity contribution is -0.139.